The van der Waals surface area contributed by atoms with E-state index in [0.717, 1.165) is 22.4 Å². The monoisotopic (exact) mass is 349 g/mol. The summed E-state index contributed by atoms with van der Waals surface area (Å²) < 4.78 is 43.3. The zero-order valence-electron chi connectivity index (χ0n) is 13.8. The standard InChI is InChI=1S/C17H19NO5S/c1-11-7-16(21-3)12(2)6-13(11)9-18-24(19,20)14-4-5-15-17(8-14)23-10-22-15/h4-8,18H,9-10H2,1-3H3. The molecule has 0 atom stereocenters. The molecule has 24 heavy (non-hydrogen) atoms. The molecule has 1 N–H and O–H groups in total. The minimum atomic E-state index is -3.64. The fraction of sp³-hybridized carbons (Fsp3) is 0.294. The number of hydrogen-bond acceptors (Lipinski definition) is 5. The summed E-state index contributed by atoms with van der Waals surface area (Å²) in [6.07, 6.45) is 0. The number of fused-ring (bicyclic) bond motifs is 1. The van der Waals surface area contributed by atoms with Gasteiger partial charge in [0.25, 0.3) is 0 Å². The summed E-state index contributed by atoms with van der Waals surface area (Å²) in [6.45, 7) is 4.16. The van der Waals surface area contributed by atoms with Crippen LogP contribution in [0, 0.1) is 13.8 Å². The second-order valence-electron chi connectivity index (χ2n) is 5.59. The minimum absolute atomic E-state index is 0.108. The van der Waals surface area contributed by atoms with Crippen LogP contribution in [0.3, 0.4) is 0 Å². The summed E-state index contributed by atoms with van der Waals surface area (Å²) in [5.74, 6) is 1.78. The Bertz CT molecular complexity index is 877. The predicted molar refractivity (Wildman–Crippen MR) is 89.1 cm³/mol. The molecule has 7 heteroatoms. The Morgan fingerprint density at radius 1 is 1.08 bits per heavy atom. The van der Waals surface area contributed by atoms with Crippen LogP contribution in [0.1, 0.15) is 16.7 Å². The Hall–Kier alpha value is -2.25. The number of nitrogens with one attached hydrogen (secondary N) is 1. The van der Waals surface area contributed by atoms with E-state index in [4.69, 9.17) is 14.2 Å². The largest absolute Gasteiger partial charge is 0.496 e. The fourth-order valence-corrected chi connectivity index (χ4v) is 3.58. The van der Waals surface area contributed by atoms with Crippen molar-refractivity contribution in [2.24, 2.45) is 0 Å². The number of aryl methyl sites for hydroxylation is 2. The van der Waals surface area contributed by atoms with E-state index >= 15 is 0 Å². The van der Waals surface area contributed by atoms with Crippen molar-refractivity contribution in [2.75, 3.05) is 13.9 Å². The van der Waals surface area contributed by atoms with Crippen molar-refractivity contribution in [3.8, 4) is 17.2 Å². The van der Waals surface area contributed by atoms with Crippen LogP contribution in [0.5, 0.6) is 17.2 Å². The average Bonchev–Trinajstić information content (AvgIpc) is 3.03. The highest BCUT2D eigenvalue weighted by Gasteiger charge is 2.20. The molecular formula is C17H19NO5S. The molecule has 3 rings (SSSR count). The van der Waals surface area contributed by atoms with Crippen molar-refractivity contribution in [1.29, 1.82) is 0 Å². The maximum absolute atomic E-state index is 12.5. The highest BCUT2D eigenvalue weighted by atomic mass is 32.2. The zero-order chi connectivity index (χ0) is 17.3. The van der Waals surface area contributed by atoms with E-state index in [9.17, 15) is 8.42 Å². The Labute approximate surface area is 141 Å². The Kier molecular flexibility index (Phi) is 4.38. The van der Waals surface area contributed by atoms with Gasteiger partial charge in [-0.2, -0.15) is 0 Å². The van der Waals surface area contributed by atoms with Crippen molar-refractivity contribution >= 4 is 10.0 Å². The van der Waals surface area contributed by atoms with Crippen molar-refractivity contribution < 1.29 is 22.6 Å². The molecule has 0 saturated heterocycles. The van der Waals surface area contributed by atoms with Crippen LogP contribution in [0.25, 0.3) is 0 Å². The molecule has 1 heterocycles. The smallest absolute Gasteiger partial charge is 0.241 e. The van der Waals surface area contributed by atoms with Crippen LogP contribution in [0.4, 0.5) is 0 Å². The Morgan fingerprint density at radius 2 is 1.83 bits per heavy atom. The minimum Gasteiger partial charge on any atom is -0.496 e. The molecule has 2 aromatic rings. The van der Waals surface area contributed by atoms with Gasteiger partial charge < -0.3 is 14.2 Å². The molecule has 0 saturated carbocycles. The second kappa shape index (κ2) is 6.33. The molecule has 0 fully saturated rings. The SMILES string of the molecule is COc1cc(C)c(CNS(=O)(=O)c2ccc3c(c2)OCO3)cc1C. The first-order valence-electron chi connectivity index (χ1n) is 7.44. The van der Waals surface area contributed by atoms with Gasteiger partial charge in [0.1, 0.15) is 5.75 Å². The third kappa shape index (κ3) is 3.18. The van der Waals surface area contributed by atoms with E-state index in [1.54, 1.807) is 13.2 Å². The zero-order valence-corrected chi connectivity index (χ0v) is 14.6. The lowest BCUT2D eigenvalue weighted by Crippen LogP contribution is -2.23. The summed E-state index contributed by atoms with van der Waals surface area (Å²) in [7, 11) is -2.03. The highest BCUT2D eigenvalue weighted by molar-refractivity contribution is 7.89. The normalized spacial score (nSPS) is 13.1. The maximum atomic E-state index is 12.5. The Balaban J connectivity index is 1.80. The van der Waals surface area contributed by atoms with Gasteiger partial charge in [0.15, 0.2) is 11.5 Å². The van der Waals surface area contributed by atoms with Crippen molar-refractivity contribution in [3.05, 3.63) is 47.0 Å². The van der Waals surface area contributed by atoms with Gasteiger partial charge in [-0.15, -0.1) is 0 Å². The molecule has 128 valence electrons. The number of methoxy groups -OCH3 is 1. The predicted octanol–water partition coefficient (Wildman–Crippen LogP) is 2.52. The van der Waals surface area contributed by atoms with E-state index in [1.165, 1.54) is 12.1 Å². The third-order valence-corrected chi connectivity index (χ3v) is 5.36. The van der Waals surface area contributed by atoms with E-state index in [1.807, 2.05) is 26.0 Å². The van der Waals surface area contributed by atoms with Gasteiger partial charge in [-0.3, -0.25) is 0 Å². The van der Waals surface area contributed by atoms with Crippen LogP contribution >= 0.6 is 0 Å². The molecule has 2 aromatic carbocycles. The summed E-state index contributed by atoms with van der Waals surface area (Å²) in [4.78, 5) is 0.148. The maximum Gasteiger partial charge on any atom is 0.241 e. The highest BCUT2D eigenvalue weighted by Crippen LogP contribution is 2.33. The average molecular weight is 349 g/mol. The molecule has 0 unspecified atom stereocenters. The van der Waals surface area contributed by atoms with E-state index in [0.29, 0.717) is 11.5 Å². The first-order chi connectivity index (χ1) is 11.4. The van der Waals surface area contributed by atoms with E-state index in [2.05, 4.69) is 4.72 Å². The van der Waals surface area contributed by atoms with Crippen molar-refractivity contribution in [1.82, 2.24) is 4.72 Å². The van der Waals surface area contributed by atoms with Crippen LogP contribution in [-0.4, -0.2) is 22.3 Å². The number of sulfonamides is 1. The fourth-order valence-electron chi connectivity index (χ4n) is 2.56. The number of benzene rings is 2. The lowest BCUT2D eigenvalue weighted by Gasteiger charge is -2.12. The summed E-state index contributed by atoms with van der Waals surface area (Å²) in [5, 5.41) is 0. The molecule has 6 nitrogen and oxygen atoms in total. The van der Waals surface area contributed by atoms with Gasteiger partial charge in [0.2, 0.25) is 16.8 Å². The molecule has 0 aliphatic carbocycles. The second-order valence-corrected chi connectivity index (χ2v) is 7.35. The number of rotatable bonds is 5. The van der Waals surface area contributed by atoms with Gasteiger partial charge >= 0.3 is 0 Å². The molecule has 0 amide bonds. The van der Waals surface area contributed by atoms with Gasteiger partial charge in [0, 0.05) is 12.6 Å². The van der Waals surface area contributed by atoms with Crippen LogP contribution < -0.4 is 18.9 Å². The van der Waals surface area contributed by atoms with Crippen molar-refractivity contribution in [3.63, 3.8) is 0 Å². The van der Waals surface area contributed by atoms with Gasteiger partial charge in [0.05, 0.1) is 12.0 Å². The molecule has 0 radical (unpaired) electrons. The molecule has 1 aliphatic heterocycles. The first kappa shape index (κ1) is 16.6. The lowest BCUT2D eigenvalue weighted by molar-refractivity contribution is 0.174. The summed E-state index contributed by atoms with van der Waals surface area (Å²) in [6, 6.07) is 8.40. The molecule has 0 aromatic heterocycles. The van der Waals surface area contributed by atoms with E-state index in [-0.39, 0.29) is 18.2 Å². The topological polar surface area (TPSA) is 73.9 Å². The van der Waals surface area contributed by atoms with Gasteiger partial charge in [-0.25, -0.2) is 13.1 Å². The molecule has 0 spiro atoms. The van der Waals surface area contributed by atoms with Crippen LogP contribution in [0.15, 0.2) is 35.2 Å². The van der Waals surface area contributed by atoms with E-state index < -0.39 is 10.0 Å². The summed E-state index contributed by atoms with van der Waals surface area (Å²) in [5.41, 5.74) is 2.82. The number of ether oxygens (including phenoxy) is 3. The molecule has 0 bridgehead atoms. The van der Waals surface area contributed by atoms with Crippen LogP contribution in [-0.2, 0) is 16.6 Å². The summed E-state index contributed by atoms with van der Waals surface area (Å²) >= 11 is 0. The van der Waals surface area contributed by atoms with Crippen LogP contribution in [0.2, 0.25) is 0 Å². The van der Waals surface area contributed by atoms with Crippen molar-refractivity contribution in [2.45, 2.75) is 25.3 Å². The van der Waals surface area contributed by atoms with Gasteiger partial charge in [-0.1, -0.05) is 6.07 Å². The number of hydrogen-bond donors (Lipinski definition) is 1. The van der Waals surface area contributed by atoms with Gasteiger partial charge in [-0.05, 0) is 48.7 Å². The Morgan fingerprint density at radius 3 is 2.58 bits per heavy atom. The molecule has 1 aliphatic rings. The third-order valence-electron chi connectivity index (χ3n) is 3.96. The lowest BCUT2D eigenvalue weighted by atomic mass is 10.0. The quantitative estimate of drug-likeness (QED) is 0.898. The molecular weight excluding hydrogens is 330 g/mol. The first-order valence-corrected chi connectivity index (χ1v) is 8.92.